The highest BCUT2D eigenvalue weighted by molar-refractivity contribution is 5.79. The zero-order valence-electron chi connectivity index (χ0n) is 13.0. The maximum absolute atomic E-state index is 12.7. The molecule has 1 aliphatic heterocycles. The van der Waals surface area contributed by atoms with Crippen molar-refractivity contribution in [3.05, 3.63) is 12.7 Å². The summed E-state index contributed by atoms with van der Waals surface area (Å²) >= 11 is 0. The van der Waals surface area contributed by atoms with Crippen LogP contribution in [-0.2, 0) is 4.79 Å². The number of nitrogens with zero attached hydrogens (tertiary/aromatic N) is 2. The van der Waals surface area contributed by atoms with Gasteiger partial charge in [-0.25, -0.2) is 4.79 Å². The number of rotatable bonds is 3. The average molecular weight is 282 g/mol. The normalized spacial score (nSPS) is 23.3. The van der Waals surface area contributed by atoms with Crippen LogP contribution in [-0.4, -0.2) is 52.1 Å². The van der Waals surface area contributed by atoms with Crippen LogP contribution in [0.5, 0.6) is 0 Å². The highest BCUT2D eigenvalue weighted by Gasteiger charge is 2.41. The Morgan fingerprint density at radius 1 is 1.45 bits per heavy atom. The molecule has 0 spiro atoms. The molecule has 0 saturated carbocycles. The molecule has 0 radical (unpaired) electrons. The first kappa shape index (κ1) is 16.5. The zero-order chi connectivity index (χ0) is 15.6. The number of carbonyl (C=O) groups is 2. The van der Waals surface area contributed by atoms with Crippen molar-refractivity contribution in [3.63, 3.8) is 0 Å². The zero-order valence-corrected chi connectivity index (χ0v) is 13.0. The Kier molecular flexibility index (Phi) is 4.84. The van der Waals surface area contributed by atoms with Gasteiger partial charge >= 0.3 is 12.0 Å². The molecule has 114 valence electrons. The molecule has 1 rings (SSSR count). The Balaban J connectivity index is 2.90. The van der Waals surface area contributed by atoms with Gasteiger partial charge in [0.25, 0.3) is 0 Å². The molecular formula is C15H26N2O3. The molecule has 0 aliphatic carbocycles. The minimum atomic E-state index is -0.842. The molecule has 20 heavy (non-hydrogen) atoms. The summed E-state index contributed by atoms with van der Waals surface area (Å²) in [5.74, 6) is -0.832. The SMILES string of the molecule is C=CCN(C(=O)N1CCCC(C)(C(=O)O)C1)C(C)(C)C. The fraction of sp³-hybridized carbons (Fsp3) is 0.733. The van der Waals surface area contributed by atoms with E-state index in [4.69, 9.17) is 0 Å². The number of carboxylic acid groups (broad SMARTS) is 1. The van der Waals surface area contributed by atoms with Crippen molar-refractivity contribution in [2.75, 3.05) is 19.6 Å². The van der Waals surface area contributed by atoms with Crippen LogP contribution >= 0.6 is 0 Å². The molecule has 0 aromatic rings. The summed E-state index contributed by atoms with van der Waals surface area (Å²) in [6, 6.07) is -0.107. The molecule has 5 nitrogen and oxygen atoms in total. The summed E-state index contributed by atoms with van der Waals surface area (Å²) < 4.78 is 0. The lowest BCUT2D eigenvalue weighted by atomic mass is 9.82. The van der Waals surface area contributed by atoms with Gasteiger partial charge in [0.15, 0.2) is 0 Å². The molecule has 0 aromatic carbocycles. The number of likely N-dealkylation sites (tertiary alicyclic amines) is 1. The van der Waals surface area contributed by atoms with Gasteiger partial charge in [-0.2, -0.15) is 0 Å². The largest absolute Gasteiger partial charge is 0.481 e. The minimum Gasteiger partial charge on any atom is -0.481 e. The van der Waals surface area contributed by atoms with Gasteiger partial charge in [0, 0.05) is 25.2 Å². The lowest BCUT2D eigenvalue weighted by molar-refractivity contribution is -0.150. The lowest BCUT2D eigenvalue weighted by Crippen LogP contribution is -2.56. The maximum Gasteiger partial charge on any atom is 0.320 e. The molecule has 1 unspecified atom stereocenters. The molecule has 1 aliphatic rings. The maximum atomic E-state index is 12.7. The van der Waals surface area contributed by atoms with E-state index in [1.807, 2.05) is 20.8 Å². The Labute approximate surface area is 121 Å². The van der Waals surface area contributed by atoms with Crippen LogP contribution in [0.2, 0.25) is 0 Å². The van der Waals surface area contributed by atoms with E-state index in [9.17, 15) is 14.7 Å². The van der Waals surface area contributed by atoms with Crippen molar-refractivity contribution < 1.29 is 14.7 Å². The molecule has 1 fully saturated rings. The third-order valence-electron chi connectivity index (χ3n) is 3.84. The summed E-state index contributed by atoms with van der Waals surface area (Å²) in [5, 5.41) is 9.33. The van der Waals surface area contributed by atoms with E-state index in [1.165, 1.54) is 0 Å². The molecule has 0 aromatic heterocycles. The third kappa shape index (κ3) is 3.52. The van der Waals surface area contributed by atoms with Crippen LogP contribution in [0, 0.1) is 5.41 Å². The highest BCUT2D eigenvalue weighted by atomic mass is 16.4. The van der Waals surface area contributed by atoms with Crippen LogP contribution in [0.4, 0.5) is 4.79 Å². The van der Waals surface area contributed by atoms with Crippen LogP contribution in [0.25, 0.3) is 0 Å². The van der Waals surface area contributed by atoms with Crippen molar-refractivity contribution in [2.24, 2.45) is 5.41 Å². The first-order valence-corrected chi connectivity index (χ1v) is 7.02. The number of hydrogen-bond acceptors (Lipinski definition) is 2. The van der Waals surface area contributed by atoms with Gasteiger partial charge < -0.3 is 14.9 Å². The molecular weight excluding hydrogens is 256 g/mol. The summed E-state index contributed by atoms with van der Waals surface area (Å²) in [6.07, 6.45) is 3.03. The molecule has 0 bridgehead atoms. The van der Waals surface area contributed by atoms with E-state index >= 15 is 0 Å². The molecule has 1 heterocycles. The predicted octanol–water partition coefficient (Wildman–Crippen LogP) is 2.58. The standard InChI is InChI=1S/C15H26N2O3/c1-6-9-17(14(2,3)4)13(20)16-10-7-8-15(5,11-16)12(18)19/h6H,1,7-11H2,2-5H3,(H,18,19). The topological polar surface area (TPSA) is 60.9 Å². The second-order valence-corrected chi connectivity index (χ2v) is 6.74. The molecule has 1 saturated heterocycles. The first-order chi connectivity index (χ1) is 9.12. The van der Waals surface area contributed by atoms with E-state index < -0.39 is 11.4 Å². The van der Waals surface area contributed by atoms with Crippen molar-refractivity contribution in [1.29, 1.82) is 0 Å². The van der Waals surface area contributed by atoms with E-state index in [0.717, 1.165) is 6.42 Å². The fourth-order valence-corrected chi connectivity index (χ4v) is 2.52. The number of carbonyl (C=O) groups excluding carboxylic acids is 1. The quantitative estimate of drug-likeness (QED) is 0.809. The fourth-order valence-electron chi connectivity index (χ4n) is 2.52. The van der Waals surface area contributed by atoms with Gasteiger partial charge in [0.1, 0.15) is 0 Å². The highest BCUT2D eigenvalue weighted by Crippen LogP contribution is 2.31. The number of carboxylic acids is 1. The predicted molar refractivity (Wildman–Crippen MR) is 78.6 cm³/mol. The van der Waals surface area contributed by atoms with Crippen molar-refractivity contribution in [2.45, 2.75) is 46.1 Å². The van der Waals surface area contributed by atoms with Gasteiger partial charge in [0.2, 0.25) is 0 Å². The second kappa shape index (κ2) is 5.85. The van der Waals surface area contributed by atoms with Gasteiger partial charge in [-0.05, 0) is 40.5 Å². The Morgan fingerprint density at radius 2 is 2.05 bits per heavy atom. The first-order valence-electron chi connectivity index (χ1n) is 7.02. The van der Waals surface area contributed by atoms with E-state index in [2.05, 4.69) is 6.58 Å². The van der Waals surface area contributed by atoms with E-state index in [1.54, 1.807) is 22.8 Å². The van der Waals surface area contributed by atoms with Gasteiger partial charge in [0.05, 0.1) is 5.41 Å². The summed E-state index contributed by atoms with van der Waals surface area (Å²) in [4.78, 5) is 27.4. The smallest absolute Gasteiger partial charge is 0.320 e. The summed E-state index contributed by atoms with van der Waals surface area (Å²) in [5.41, 5.74) is -1.16. The van der Waals surface area contributed by atoms with Gasteiger partial charge in [-0.15, -0.1) is 6.58 Å². The molecule has 1 N–H and O–H groups in total. The van der Waals surface area contributed by atoms with Crippen molar-refractivity contribution in [1.82, 2.24) is 9.80 Å². The van der Waals surface area contributed by atoms with Crippen molar-refractivity contribution >= 4 is 12.0 Å². The molecule has 5 heteroatoms. The third-order valence-corrected chi connectivity index (χ3v) is 3.84. The van der Waals surface area contributed by atoms with Crippen LogP contribution in [0.15, 0.2) is 12.7 Å². The van der Waals surface area contributed by atoms with Crippen LogP contribution < -0.4 is 0 Å². The number of aliphatic carboxylic acids is 1. The Bertz CT molecular complexity index is 400. The van der Waals surface area contributed by atoms with Gasteiger partial charge in [-0.1, -0.05) is 6.08 Å². The van der Waals surface area contributed by atoms with Crippen LogP contribution in [0.1, 0.15) is 40.5 Å². The minimum absolute atomic E-state index is 0.107. The van der Waals surface area contributed by atoms with E-state index in [-0.39, 0.29) is 18.1 Å². The summed E-state index contributed by atoms with van der Waals surface area (Å²) in [6.45, 7) is 12.7. The molecule has 2 amide bonds. The molecule has 1 atom stereocenters. The lowest BCUT2D eigenvalue weighted by Gasteiger charge is -2.43. The number of hydrogen-bond donors (Lipinski definition) is 1. The Hall–Kier alpha value is -1.52. The monoisotopic (exact) mass is 282 g/mol. The number of amides is 2. The summed E-state index contributed by atoms with van der Waals surface area (Å²) in [7, 11) is 0. The number of urea groups is 1. The van der Waals surface area contributed by atoms with Gasteiger partial charge in [-0.3, -0.25) is 4.79 Å². The van der Waals surface area contributed by atoms with E-state index in [0.29, 0.717) is 19.5 Å². The van der Waals surface area contributed by atoms with Crippen molar-refractivity contribution in [3.8, 4) is 0 Å². The van der Waals surface area contributed by atoms with Crippen LogP contribution in [0.3, 0.4) is 0 Å². The Morgan fingerprint density at radius 3 is 2.50 bits per heavy atom. The average Bonchev–Trinajstić information content (AvgIpc) is 2.33. The second-order valence-electron chi connectivity index (χ2n) is 6.74. The number of piperidine rings is 1.